The maximum atomic E-state index is 10.00. The van der Waals surface area contributed by atoms with Crippen LogP contribution in [0, 0.1) is 17.8 Å². The largest absolute Gasteiger partial charge is 0.393 e. The molecule has 2 bridgehead atoms. The summed E-state index contributed by atoms with van der Waals surface area (Å²) in [4.78, 5) is 2.77. The van der Waals surface area contributed by atoms with Crippen LogP contribution in [0.25, 0.3) is 0 Å². The van der Waals surface area contributed by atoms with Crippen LogP contribution in [0.2, 0.25) is 0 Å². The van der Waals surface area contributed by atoms with Gasteiger partial charge < -0.3 is 10.4 Å². The fraction of sp³-hybridized carbons (Fsp3) is 1.00. The Balaban J connectivity index is 1.67. The normalized spacial score (nSPS) is 47.7. The number of fused-ring (bicyclic) bond motifs is 2. The molecule has 3 aliphatic rings. The molecule has 3 nitrogen and oxygen atoms in total. The lowest BCUT2D eigenvalue weighted by atomic mass is 9.71. The first-order valence-electron chi connectivity index (χ1n) is 9.25. The number of hydrogen-bond donors (Lipinski definition) is 2. The number of nitrogens with one attached hydrogen (secondary N) is 1. The number of piperidine rings is 1. The van der Waals surface area contributed by atoms with Gasteiger partial charge in [-0.25, -0.2) is 0 Å². The van der Waals surface area contributed by atoms with Crippen LogP contribution in [-0.4, -0.2) is 47.3 Å². The fourth-order valence-electron chi connectivity index (χ4n) is 5.50. The maximum absolute atomic E-state index is 10.00. The van der Waals surface area contributed by atoms with Crippen molar-refractivity contribution in [2.75, 3.05) is 13.1 Å². The minimum atomic E-state index is -0.0351. The van der Waals surface area contributed by atoms with Crippen LogP contribution >= 0.6 is 0 Å². The smallest absolute Gasteiger partial charge is 0.0570 e. The molecule has 3 heteroatoms. The van der Waals surface area contributed by atoms with Gasteiger partial charge in [0.15, 0.2) is 0 Å². The van der Waals surface area contributed by atoms with Gasteiger partial charge in [-0.15, -0.1) is 0 Å². The van der Waals surface area contributed by atoms with Crippen molar-refractivity contribution in [3.05, 3.63) is 0 Å². The molecule has 0 aromatic carbocycles. The molecule has 0 aromatic rings. The molecule has 122 valence electrons. The molecule has 21 heavy (non-hydrogen) atoms. The van der Waals surface area contributed by atoms with Crippen LogP contribution in [0.3, 0.4) is 0 Å². The summed E-state index contributed by atoms with van der Waals surface area (Å²) in [6, 6.07) is 2.01. The van der Waals surface area contributed by atoms with E-state index in [4.69, 9.17) is 0 Å². The molecule has 3 fully saturated rings. The Bertz CT molecular complexity index is 334. The van der Waals surface area contributed by atoms with Crippen molar-refractivity contribution in [3.8, 4) is 0 Å². The van der Waals surface area contributed by atoms with E-state index in [0.29, 0.717) is 18.1 Å². The van der Waals surface area contributed by atoms with E-state index < -0.39 is 0 Å². The molecule has 6 unspecified atom stereocenters. The van der Waals surface area contributed by atoms with Crippen LogP contribution in [0.15, 0.2) is 0 Å². The zero-order valence-corrected chi connectivity index (χ0v) is 14.1. The van der Waals surface area contributed by atoms with E-state index in [9.17, 15) is 5.11 Å². The Morgan fingerprint density at radius 2 is 1.71 bits per heavy atom. The van der Waals surface area contributed by atoms with Gasteiger partial charge in [-0.05, 0) is 62.8 Å². The van der Waals surface area contributed by atoms with E-state index in [1.807, 2.05) is 0 Å². The molecule has 2 heterocycles. The second-order valence-corrected chi connectivity index (χ2v) is 8.09. The van der Waals surface area contributed by atoms with E-state index >= 15 is 0 Å². The summed E-state index contributed by atoms with van der Waals surface area (Å²) in [5.74, 6) is 2.48. The van der Waals surface area contributed by atoms with Gasteiger partial charge in [0.05, 0.1) is 6.10 Å². The Kier molecular flexibility index (Phi) is 4.92. The van der Waals surface area contributed by atoms with Gasteiger partial charge in [0.1, 0.15) is 0 Å². The van der Waals surface area contributed by atoms with Crippen LogP contribution in [0.5, 0.6) is 0 Å². The lowest BCUT2D eigenvalue weighted by molar-refractivity contribution is 0.00804. The van der Waals surface area contributed by atoms with E-state index in [2.05, 4.69) is 31.0 Å². The standard InChI is InChI=1S/C18H34N2O/c1-4-19-18-8-12(2)7-13(3)17(18)11-20-14-5-6-15(20)10-16(21)9-14/h12-19,21H,4-11H2,1-3H3. The molecule has 3 rings (SSSR count). The molecule has 6 atom stereocenters. The molecular weight excluding hydrogens is 260 g/mol. The van der Waals surface area contributed by atoms with Crippen molar-refractivity contribution in [2.45, 2.75) is 83.5 Å². The van der Waals surface area contributed by atoms with E-state index in [1.54, 1.807) is 0 Å². The first-order valence-corrected chi connectivity index (χ1v) is 9.25. The van der Waals surface area contributed by atoms with Crippen LogP contribution in [0.4, 0.5) is 0 Å². The van der Waals surface area contributed by atoms with Gasteiger partial charge in [-0.2, -0.15) is 0 Å². The predicted molar refractivity (Wildman–Crippen MR) is 87.3 cm³/mol. The second kappa shape index (κ2) is 6.55. The van der Waals surface area contributed by atoms with Gasteiger partial charge in [0, 0.05) is 24.7 Å². The Labute approximate surface area is 130 Å². The molecule has 0 amide bonds. The summed E-state index contributed by atoms with van der Waals surface area (Å²) in [7, 11) is 0. The minimum absolute atomic E-state index is 0.0351. The highest BCUT2D eigenvalue weighted by Crippen LogP contribution is 2.40. The van der Waals surface area contributed by atoms with E-state index in [1.165, 1.54) is 32.2 Å². The maximum Gasteiger partial charge on any atom is 0.0570 e. The van der Waals surface area contributed by atoms with E-state index in [-0.39, 0.29) is 6.10 Å². The molecule has 2 aliphatic heterocycles. The molecule has 1 saturated carbocycles. The fourth-order valence-corrected chi connectivity index (χ4v) is 5.50. The van der Waals surface area contributed by atoms with Crippen molar-refractivity contribution in [2.24, 2.45) is 17.8 Å². The number of aliphatic hydroxyl groups is 1. The zero-order chi connectivity index (χ0) is 15.0. The Morgan fingerprint density at radius 3 is 2.33 bits per heavy atom. The number of aliphatic hydroxyl groups excluding tert-OH is 1. The Morgan fingerprint density at radius 1 is 1.05 bits per heavy atom. The van der Waals surface area contributed by atoms with Gasteiger partial charge in [0.25, 0.3) is 0 Å². The first kappa shape index (κ1) is 15.8. The highest BCUT2D eigenvalue weighted by molar-refractivity contribution is 4.98. The summed E-state index contributed by atoms with van der Waals surface area (Å²) >= 11 is 0. The molecule has 0 radical (unpaired) electrons. The summed E-state index contributed by atoms with van der Waals surface area (Å²) in [6.07, 6.45) is 7.34. The van der Waals surface area contributed by atoms with Crippen LogP contribution in [0.1, 0.15) is 59.3 Å². The zero-order valence-electron chi connectivity index (χ0n) is 14.1. The highest BCUT2D eigenvalue weighted by atomic mass is 16.3. The third-order valence-electron chi connectivity index (χ3n) is 6.43. The number of hydrogen-bond acceptors (Lipinski definition) is 3. The average Bonchev–Trinajstić information content (AvgIpc) is 2.65. The van der Waals surface area contributed by atoms with Crippen LogP contribution in [-0.2, 0) is 0 Å². The highest BCUT2D eigenvalue weighted by Gasteiger charge is 2.43. The van der Waals surface area contributed by atoms with Crippen molar-refractivity contribution >= 4 is 0 Å². The summed E-state index contributed by atoms with van der Waals surface area (Å²) in [5.41, 5.74) is 0. The summed E-state index contributed by atoms with van der Waals surface area (Å²) in [6.45, 7) is 9.46. The van der Waals surface area contributed by atoms with Crippen LogP contribution < -0.4 is 5.32 Å². The Hall–Kier alpha value is -0.120. The van der Waals surface area contributed by atoms with Crippen molar-refractivity contribution in [3.63, 3.8) is 0 Å². The molecule has 0 aromatic heterocycles. The molecule has 0 spiro atoms. The molecule has 2 saturated heterocycles. The topological polar surface area (TPSA) is 35.5 Å². The van der Waals surface area contributed by atoms with Gasteiger partial charge in [0.2, 0.25) is 0 Å². The summed E-state index contributed by atoms with van der Waals surface area (Å²) < 4.78 is 0. The third kappa shape index (κ3) is 3.30. The molecule has 2 N–H and O–H groups in total. The molecule has 1 aliphatic carbocycles. The van der Waals surface area contributed by atoms with Gasteiger partial charge in [-0.3, -0.25) is 4.90 Å². The van der Waals surface area contributed by atoms with Gasteiger partial charge >= 0.3 is 0 Å². The van der Waals surface area contributed by atoms with Gasteiger partial charge in [-0.1, -0.05) is 20.8 Å². The van der Waals surface area contributed by atoms with Crippen molar-refractivity contribution in [1.29, 1.82) is 0 Å². The predicted octanol–water partition coefficient (Wildman–Crippen LogP) is 2.63. The minimum Gasteiger partial charge on any atom is -0.393 e. The van der Waals surface area contributed by atoms with E-state index in [0.717, 1.165) is 37.1 Å². The lowest BCUT2D eigenvalue weighted by Crippen LogP contribution is -2.53. The SMILES string of the molecule is CCNC1CC(C)CC(C)C1CN1C2CCC1CC(O)C2. The van der Waals surface area contributed by atoms with Crippen molar-refractivity contribution < 1.29 is 5.11 Å². The molecular formula is C18H34N2O. The number of rotatable bonds is 4. The second-order valence-electron chi connectivity index (χ2n) is 8.09. The number of nitrogens with zero attached hydrogens (tertiary/aromatic N) is 1. The third-order valence-corrected chi connectivity index (χ3v) is 6.43. The monoisotopic (exact) mass is 294 g/mol. The van der Waals surface area contributed by atoms with Crippen molar-refractivity contribution in [1.82, 2.24) is 10.2 Å². The first-order chi connectivity index (χ1) is 10.1. The average molecular weight is 294 g/mol. The lowest BCUT2D eigenvalue weighted by Gasteiger charge is -2.46. The summed E-state index contributed by atoms with van der Waals surface area (Å²) in [5, 5.41) is 13.8. The quantitative estimate of drug-likeness (QED) is 0.837.